The summed E-state index contributed by atoms with van der Waals surface area (Å²) in [6.45, 7) is 3.03. The van der Waals surface area contributed by atoms with Crippen LogP contribution in [0.5, 0.6) is 0 Å². The first-order valence-corrected chi connectivity index (χ1v) is 5.15. The van der Waals surface area contributed by atoms with E-state index in [4.69, 9.17) is 11.5 Å². The molecule has 0 bridgehead atoms. The van der Waals surface area contributed by atoms with E-state index in [0.29, 0.717) is 13.1 Å². The second kappa shape index (κ2) is 5.58. The van der Waals surface area contributed by atoms with Crippen molar-refractivity contribution in [2.75, 3.05) is 13.6 Å². The number of hydrogen-bond donors (Lipinski definition) is 2. The van der Waals surface area contributed by atoms with Gasteiger partial charge in [-0.1, -0.05) is 6.07 Å². The van der Waals surface area contributed by atoms with Crippen LogP contribution in [-0.4, -0.2) is 35.4 Å². The summed E-state index contributed by atoms with van der Waals surface area (Å²) in [5.41, 5.74) is 12.6. The standard InChI is InChI=1S/C11H18N4O/c1-8-4-3-5-9(14-8)6-15(2)7-10(12)11(13)16/h3-5,10H,6-7,12H2,1-2H3,(H2,13,16). The van der Waals surface area contributed by atoms with Crippen molar-refractivity contribution in [2.45, 2.75) is 19.5 Å². The van der Waals surface area contributed by atoms with Crippen molar-refractivity contribution in [1.82, 2.24) is 9.88 Å². The number of primary amides is 1. The number of likely N-dealkylation sites (N-methyl/N-ethyl adjacent to an activating group) is 1. The number of aromatic nitrogens is 1. The lowest BCUT2D eigenvalue weighted by molar-refractivity contribution is -0.119. The molecule has 0 aliphatic carbocycles. The number of hydrogen-bond acceptors (Lipinski definition) is 4. The Morgan fingerprint density at radius 2 is 2.25 bits per heavy atom. The third-order valence-electron chi connectivity index (χ3n) is 2.25. The average Bonchev–Trinajstić information content (AvgIpc) is 2.16. The van der Waals surface area contributed by atoms with Crippen molar-refractivity contribution in [1.29, 1.82) is 0 Å². The largest absolute Gasteiger partial charge is 0.368 e. The predicted molar refractivity (Wildman–Crippen MR) is 62.5 cm³/mol. The van der Waals surface area contributed by atoms with Crippen LogP contribution in [0.1, 0.15) is 11.4 Å². The van der Waals surface area contributed by atoms with Crippen molar-refractivity contribution >= 4 is 5.91 Å². The first-order valence-electron chi connectivity index (χ1n) is 5.15. The van der Waals surface area contributed by atoms with Crippen LogP contribution in [0, 0.1) is 6.92 Å². The Kier molecular flexibility index (Phi) is 4.39. The smallest absolute Gasteiger partial charge is 0.235 e. The molecule has 5 nitrogen and oxygen atoms in total. The van der Waals surface area contributed by atoms with Crippen LogP contribution >= 0.6 is 0 Å². The third kappa shape index (κ3) is 3.96. The molecule has 0 radical (unpaired) electrons. The molecule has 0 saturated carbocycles. The van der Waals surface area contributed by atoms with Gasteiger partial charge in [0.1, 0.15) is 0 Å². The zero-order chi connectivity index (χ0) is 12.1. The van der Waals surface area contributed by atoms with Gasteiger partial charge in [0.25, 0.3) is 0 Å². The molecule has 0 saturated heterocycles. The van der Waals surface area contributed by atoms with Gasteiger partial charge in [-0.15, -0.1) is 0 Å². The zero-order valence-electron chi connectivity index (χ0n) is 9.68. The molecule has 0 fully saturated rings. The van der Waals surface area contributed by atoms with Crippen molar-refractivity contribution in [2.24, 2.45) is 11.5 Å². The lowest BCUT2D eigenvalue weighted by Crippen LogP contribution is -2.44. The fourth-order valence-corrected chi connectivity index (χ4v) is 1.45. The van der Waals surface area contributed by atoms with Gasteiger partial charge in [-0.3, -0.25) is 14.7 Å². The average molecular weight is 222 g/mol. The molecule has 1 amide bonds. The molecule has 0 aliphatic heterocycles. The van der Waals surface area contributed by atoms with Gasteiger partial charge < -0.3 is 11.5 Å². The number of nitrogens with two attached hydrogens (primary N) is 2. The minimum Gasteiger partial charge on any atom is -0.368 e. The predicted octanol–water partition coefficient (Wildman–Crippen LogP) is -0.366. The molecule has 1 unspecified atom stereocenters. The maximum Gasteiger partial charge on any atom is 0.235 e. The van der Waals surface area contributed by atoms with E-state index in [9.17, 15) is 4.79 Å². The molecule has 1 aromatic heterocycles. The van der Waals surface area contributed by atoms with Crippen molar-refractivity contribution in [3.8, 4) is 0 Å². The second-order valence-corrected chi connectivity index (χ2v) is 3.98. The van der Waals surface area contributed by atoms with E-state index in [0.717, 1.165) is 11.4 Å². The van der Waals surface area contributed by atoms with Gasteiger partial charge in [-0.2, -0.15) is 0 Å². The van der Waals surface area contributed by atoms with Crippen LogP contribution in [0.3, 0.4) is 0 Å². The number of aryl methyl sites for hydroxylation is 1. The molecule has 4 N–H and O–H groups in total. The van der Waals surface area contributed by atoms with Gasteiger partial charge in [0.2, 0.25) is 5.91 Å². The minimum atomic E-state index is -0.630. The SMILES string of the molecule is Cc1cccc(CN(C)CC(N)C(N)=O)n1. The van der Waals surface area contributed by atoms with Crippen molar-refractivity contribution in [3.05, 3.63) is 29.6 Å². The highest BCUT2D eigenvalue weighted by Crippen LogP contribution is 2.01. The first kappa shape index (κ1) is 12.6. The molecule has 1 aromatic rings. The summed E-state index contributed by atoms with van der Waals surface area (Å²) in [5, 5.41) is 0. The Morgan fingerprint density at radius 1 is 1.56 bits per heavy atom. The Bertz CT molecular complexity index is 367. The van der Waals surface area contributed by atoms with E-state index in [2.05, 4.69) is 4.98 Å². The second-order valence-electron chi connectivity index (χ2n) is 3.98. The number of carbonyl (C=O) groups is 1. The van der Waals surface area contributed by atoms with E-state index in [-0.39, 0.29) is 0 Å². The maximum atomic E-state index is 10.8. The summed E-state index contributed by atoms with van der Waals surface area (Å²) >= 11 is 0. The highest BCUT2D eigenvalue weighted by atomic mass is 16.1. The van der Waals surface area contributed by atoms with Crippen LogP contribution in [0.15, 0.2) is 18.2 Å². The van der Waals surface area contributed by atoms with E-state index in [1.807, 2.05) is 37.1 Å². The molecule has 0 spiro atoms. The highest BCUT2D eigenvalue weighted by Gasteiger charge is 2.12. The summed E-state index contributed by atoms with van der Waals surface area (Å²) < 4.78 is 0. The normalized spacial score (nSPS) is 12.8. The summed E-state index contributed by atoms with van der Waals surface area (Å²) in [7, 11) is 1.88. The fraction of sp³-hybridized carbons (Fsp3) is 0.455. The first-order chi connectivity index (χ1) is 7.49. The zero-order valence-corrected chi connectivity index (χ0v) is 9.68. The van der Waals surface area contributed by atoms with Crippen molar-refractivity contribution in [3.63, 3.8) is 0 Å². The Labute approximate surface area is 95.4 Å². The summed E-state index contributed by atoms with van der Waals surface area (Å²) in [5.74, 6) is -0.482. The summed E-state index contributed by atoms with van der Waals surface area (Å²) in [6, 6.07) is 5.21. The third-order valence-corrected chi connectivity index (χ3v) is 2.25. The van der Waals surface area contributed by atoms with E-state index in [1.54, 1.807) is 0 Å². The van der Waals surface area contributed by atoms with Gasteiger partial charge in [-0.25, -0.2) is 0 Å². The molecule has 0 aromatic carbocycles. The highest BCUT2D eigenvalue weighted by molar-refractivity contribution is 5.79. The van der Waals surface area contributed by atoms with Crippen LogP contribution in [-0.2, 0) is 11.3 Å². The monoisotopic (exact) mass is 222 g/mol. The molecular formula is C11H18N4O. The van der Waals surface area contributed by atoms with Crippen LogP contribution in [0.2, 0.25) is 0 Å². The molecule has 1 heterocycles. The molecule has 1 atom stereocenters. The Morgan fingerprint density at radius 3 is 2.81 bits per heavy atom. The number of nitrogens with zero attached hydrogens (tertiary/aromatic N) is 2. The van der Waals surface area contributed by atoms with E-state index < -0.39 is 11.9 Å². The van der Waals surface area contributed by atoms with E-state index in [1.165, 1.54) is 0 Å². The lowest BCUT2D eigenvalue weighted by Gasteiger charge is -2.18. The van der Waals surface area contributed by atoms with Gasteiger partial charge in [0.05, 0.1) is 11.7 Å². The molecule has 16 heavy (non-hydrogen) atoms. The molecule has 5 heteroatoms. The van der Waals surface area contributed by atoms with Crippen LogP contribution < -0.4 is 11.5 Å². The number of pyridine rings is 1. The maximum absolute atomic E-state index is 10.8. The Balaban J connectivity index is 2.51. The molecule has 88 valence electrons. The number of carbonyl (C=O) groups excluding carboxylic acids is 1. The van der Waals surface area contributed by atoms with Gasteiger partial charge in [0.15, 0.2) is 0 Å². The minimum absolute atomic E-state index is 0.435. The topological polar surface area (TPSA) is 85.2 Å². The quantitative estimate of drug-likeness (QED) is 0.712. The Hall–Kier alpha value is -1.46. The summed E-state index contributed by atoms with van der Waals surface area (Å²) in [4.78, 5) is 17.1. The van der Waals surface area contributed by atoms with E-state index >= 15 is 0 Å². The van der Waals surface area contributed by atoms with Crippen molar-refractivity contribution < 1.29 is 4.79 Å². The number of amides is 1. The van der Waals surface area contributed by atoms with Crippen LogP contribution in [0.4, 0.5) is 0 Å². The number of rotatable bonds is 5. The summed E-state index contributed by atoms with van der Waals surface area (Å²) in [6.07, 6.45) is 0. The lowest BCUT2D eigenvalue weighted by atomic mass is 10.2. The molecule has 1 rings (SSSR count). The molecule has 0 aliphatic rings. The van der Waals surface area contributed by atoms with Gasteiger partial charge in [0, 0.05) is 18.8 Å². The van der Waals surface area contributed by atoms with Crippen LogP contribution in [0.25, 0.3) is 0 Å². The fourth-order valence-electron chi connectivity index (χ4n) is 1.45. The van der Waals surface area contributed by atoms with Gasteiger partial charge in [-0.05, 0) is 26.1 Å². The van der Waals surface area contributed by atoms with Gasteiger partial charge >= 0.3 is 0 Å². The molecular weight excluding hydrogens is 204 g/mol.